The van der Waals surface area contributed by atoms with Gasteiger partial charge in [0.2, 0.25) is 0 Å². The lowest BCUT2D eigenvalue weighted by atomic mass is 9.96. The van der Waals surface area contributed by atoms with Crippen LogP contribution in [0.3, 0.4) is 0 Å². The monoisotopic (exact) mass is 399 g/mol. The number of likely N-dealkylation sites (tertiary alicyclic amines) is 1. The molecule has 0 spiro atoms. The van der Waals surface area contributed by atoms with Crippen molar-refractivity contribution in [2.75, 3.05) is 6.54 Å². The highest BCUT2D eigenvalue weighted by Crippen LogP contribution is 2.23. The van der Waals surface area contributed by atoms with Gasteiger partial charge >= 0.3 is 6.09 Å². The summed E-state index contributed by atoms with van der Waals surface area (Å²) in [6.07, 6.45) is 6.25. The van der Waals surface area contributed by atoms with Crippen LogP contribution in [-0.2, 0) is 17.8 Å². The average Bonchev–Trinajstić information content (AvgIpc) is 3.19. The molecule has 1 aromatic heterocycles. The second-order valence-electron chi connectivity index (χ2n) is 8.82. The number of carbonyl (C=O) groups is 1. The van der Waals surface area contributed by atoms with E-state index in [9.17, 15) is 4.79 Å². The van der Waals surface area contributed by atoms with E-state index in [2.05, 4.69) is 46.6 Å². The highest BCUT2D eigenvalue weighted by Gasteiger charge is 2.33. The van der Waals surface area contributed by atoms with Gasteiger partial charge in [0, 0.05) is 19.1 Å². The Labute approximate surface area is 173 Å². The first-order valence-electron chi connectivity index (χ1n) is 10.4. The normalized spacial score (nSPS) is 18.5. The van der Waals surface area contributed by atoms with Crippen LogP contribution in [0.4, 0.5) is 4.79 Å². The standard InChI is InChI=1S/C22H33N5O2/c1-17(20-7-5-6-12-27(20)21(28)29-22(2,3)4)24-13-18-8-10-19(11-9-18)14-26-16-23-15-25-26/h8-11,15-17,20,24H,5-7,12-14H2,1-4H3. The van der Waals surface area contributed by atoms with E-state index in [0.717, 1.165) is 38.9 Å². The fourth-order valence-corrected chi connectivity index (χ4v) is 3.70. The van der Waals surface area contributed by atoms with Crippen LogP contribution in [-0.4, -0.2) is 50.0 Å². The predicted octanol–water partition coefficient (Wildman–Crippen LogP) is 3.59. The molecule has 2 aromatic rings. The van der Waals surface area contributed by atoms with E-state index < -0.39 is 5.60 Å². The molecule has 1 saturated heterocycles. The van der Waals surface area contributed by atoms with Crippen molar-refractivity contribution in [3.05, 3.63) is 48.0 Å². The van der Waals surface area contributed by atoms with Gasteiger partial charge in [-0.25, -0.2) is 14.5 Å². The molecule has 2 atom stereocenters. The van der Waals surface area contributed by atoms with E-state index in [4.69, 9.17) is 4.74 Å². The zero-order valence-corrected chi connectivity index (χ0v) is 18.0. The number of aromatic nitrogens is 3. The van der Waals surface area contributed by atoms with E-state index in [-0.39, 0.29) is 18.2 Å². The van der Waals surface area contributed by atoms with Crippen molar-refractivity contribution in [3.8, 4) is 0 Å². The molecule has 158 valence electrons. The molecule has 2 unspecified atom stereocenters. The van der Waals surface area contributed by atoms with Crippen LogP contribution >= 0.6 is 0 Å². The fraction of sp³-hybridized carbons (Fsp3) is 0.591. The smallest absolute Gasteiger partial charge is 0.410 e. The zero-order chi connectivity index (χ0) is 20.9. The second-order valence-corrected chi connectivity index (χ2v) is 8.82. The number of carbonyl (C=O) groups excluding carboxylic acids is 1. The highest BCUT2D eigenvalue weighted by atomic mass is 16.6. The van der Waals surface area contributed by atoms with Crippen LogP contribution in [0, 0.1) is 0 Å². The minimum atomic E-state index is -0.469. The minimum Gasteiger partial charge on any atom is -0.444 e. The van der Waals surface area contributed by atoms with Crippen LogP contribution in [0.15, 0.2) is 36.9 Å². The maximum atomic E-state index is 12.6. The number of rotatable bonds is 6. The van der Waals surface area contributed by atoms with Gasteiger partial charge in [0.05, 0.1) is 12.6 Å². The molecule has 0 aliphatic carbocycles. The van der Waals surface area contributed by atoms with Crippen molar-refractivity contribution in [1.29, 1.82) is 0 Å². The molecule has 1 aliphatic heterocycles. The molecule has 0 saturated carbocycles. The number of nitrogens with zero attached hydrogens (tertiary/aromatic N) is 4. The van der Waals surface area contributed by atoms with Crippen LogP contribution in [0.2, 0.25) is 0 Å². The molecule has 1 N–H and O–H groups in total. The van der Waals surface area contributed by atoms with Crippen molar-refractivity contribution in [2.24, 2.45) is 0 Å². The minimum absolute atomic E-state index is 0.158. The summed E-state index contributed by atoms with van der Waals surface area (Å²) in [7, 11) is 0. The van der Waals surface area contributed by atoms with Crippen LogP contribution in [0.1, 0.15) is 58.1 Å². The fourth-order valence-electron chi connectivity index (χ4n) is 3.70. The molecule has 1 aromatic carbocycles. The Morgan fingerprint density at radius 2 is 1.97 bits per heavy atom. The number of benzene rings is 1. The SMILES string of the molecule is CC(NCc1ccc(Cn2cncn2)cc1)C1CCCCN1C(=O)OC(C)(C)C. The molecule has 0 bridgehead atoms. The van der Waals surface area contributed by atoms with E-state index in [1.54, 1.807) is 12.7 Å². The summed E-state index contributed by atoms with van der Waals surface area (Å²) in [4.78, 5) is 18.5. The maximum absolute atomic E-state index is 12.6. The van der Waals surface area contributed by atoms with Gasteiger partial charge in [-0.15, -0.1) is 0 Å². The van der Waals surface area contributed by atoms with Gasteiger partial charge in [0.25, 0.3) is 0 Å². The van der Waals surface area contributed by atoms with Crippen molar-refractivity contribution < 1.29 is 9.53 Å². The maximum Gasteiger partial charge on any atom is 0.410 e. The largest absolute Gasteiger partial charge is 0.444 e. The van der Waals surface area contributed by atoms with Crippen LogP contribution < -0.4 is 5.32 Å². The number of hydrogen-bond donors (Lipinski definition) is 1. The lowest BCUT2D eigenvalue weighted by molar-refractivity contribution is 0.00553. The number of ether oxygens (including phenoxy) is 1. The van der Waals surface area contributed by atoms with E-state index in [1.807, 2.05) is 30.4 Å². The molecular weight excluding hydrogens is 366 g/mol. The molecular formula is C22H33N5O2. The quantitative estimate of drug-likeness (QED) is 0.804. The Bertz CT molecular complexity index is 768. The van der Waals surface area contributed by atoms with Gasteiger partial charge in [-0.1, -0.05) is 24.3 Å². The molecule has 1 aliphatic rings. The number of nitrogens with one attached hydrogen (secondary N) is 1. The summed E-state index contributed by atoms with van der Waals surface area (Å²) in [5.41, 5.74) is 1.94. The lowest BCUT2D eigenvalue weighted by Gasteiger charge is -2.40. The van der Waals surface area contributed by atoms with Crippen LogP contribution in [0.5, 0.6) is 0 Å². The van der Waals surface area contributed by atoms with Gasteiger partial charge in [-0.2, -0.15) is 5.10 Å². The van der Waals surface area contributed by atoms with Gasteiger partial charge in [-0.05, 0) is 58.1 Å². The zero-order valence-electron chi connectivity index (χ0n) is 18.0. The molecule has 1 amide bonds. The van der Waals surface area contributed by atoms with Gasteiger partial charge in [-0.3, -0.25) is 0 Å². The first-order valence-corrected chi connectivity index (χ1v) is 10.4. The first kappa shape index (κ1) is 21.3. The highest BCUT2D eigenvalue weighted by molar-refractivity contribution is 5.68. The molecule has 3 rings (SSSR count). The third-order valence-corrected chi connectivity index (χ3v) is 5.22. The van der Waals surface area contributed by atoms with Crippen molar-refractivity contribution in [3.63, 3.8) is 0 Å². The van der Waals surface area contributed by atoms with Crippen LogP contribution in [0.25, 0.3) is 0 Å². The van der Waals surface area contributed by atoms with Gasteiger partial charge < -0.3 is 15.0 Å². The summed E-state index contributed by atoms with van der Waals surface area (Å²) in [5, 5.41) is 7.74. The topological polar surface area (TPSA) is 72.3 Å². The molecule has 2 heterocycles. The summed E-state index contributed by atoms with van der Waals surface area (Å²) in [6, 6.07) is 8.87. The number of hydrogen-bond acceptors (Lipinski definition) is 5. The average molecular weight is 400 g/mol. The lowest BCUT2D eigenvalue weighted by Crippen LogP contribution is -2.54. The van der Waals surface area contributed by atoms with E-state index in [1.165, 1.54) is 11.1 Å². The van der Waals surface area contributed by atoms with Crippen molar-refractivity contribution in [2.45, 2.75) is 77.7 Å². The van der Waals surface area contributed by atoms with E-state index >= 15 is 0 Å². The third kappa shape index (κ3) is 6.29. The Balaban J connectivity index is 1.54. The second kappa shape index (κ2) is 9.39. The van der Waals surface area contributed by atoms with Crippen molar-refractivity contribution in [1.82, 2.24) is 25.0 Å². The van der Waals surface area contributed by atoms with Gasteiger partial charge in [0.1, 0.15) is 18.3 Å². The number of amides is 1. The third-order valence-electron chi connectivity index (χ3n) is 5.22. The summed E-state index contributed by atoms with van der Waals surface area (Å²) < 4.78 is 7.43. The Hall–Kier alpha value is -2.41. The van der Waals surface area contributed by atoms with Gasteiger partial charge in [0.15, 0.2) is 0 Å². The summed E-state index contributed by atoms with van der Waals surface area (Å²) >= 11 is 0. The van der Waals surface area contributed by atoms with Crippen molar-refractivity contribution >= 4 is 6.09 Å². The molecule has 7 heteroatoms. The predicted molar refractivity (Wildman–Crippen MR) is 112 cm³/mol. The molecule has 29 heavy (non-hydrogen) atoms. The Kier molecular flexibility index (Phi) is 6.90. The van der Waals surface area contributed by atoms with E-state index in [0.29, 0.717) is 0 Å². The first-order chi connectivity index (χ1) is 13.8. The number of piperidine rings is 1. The summed E-state index contributed by atoms with van der Waals surface area (Å²) in [5.74, 6) is 0. The molecule has 7 nitrogen and oxygen atoms in total. The molecule has 0 radical (unpaired) electrons. The Morgan fingerprint density at radius 1 is 1.24 bits per heavy atom. The molecule has 1 fully saturated rings. The Morgan fingerprint density at radius 3 is 2.62 bits per heavy atom. The summed E-state index contributed by atoms with van der Waals surface area (Å²) in [6.45, 7) is 10.2.